The van der Waals surface area contributed by atoms with Crippen LogP contribution in [-0.4, -0.2) is 46.6 Å². The third kappa shape index (κ3) is 3.83. The van der Waals surface area contributed by atoms with Gasteiger partial charge in [-0.15, -0.1) is 10.2 Å². The minimum Gasteiger partial charge on any atom is -0.368 e. The van der Waals surface area contributed by atoms with E-state index in [4.69, 9.17) is 0 Å². The average molecular weight is 500 g/mol. The van der Waals surface area contributed by atoms with Crippen molar-refractivity contribution in [2.24, 2.45) is 11.8 Å². The Labute approximate surface area is 203 Å². The summed E-state index contributed by atoms with van der Waals surface area (Å²) in [7, 11) is -3.73. The van der Waals surface area contributed by atoms with Crippen LogP contribution in [0.2, 0.25) is 0 Å². The zero-order valence-corrected chi connectivity index (χ0v) is 20.2. The summed E-state index contributed by atoms with van der Waals surface area (Å²) in [5.74, 6) is -0.378. The number of benzene rings is 2. The number of aromatic nitrogens is 3. The number of rotatable bonds is 5. The lowest BCUT2D eigenvalue weighted by Crippen LogP contribution is -2.44. The van der Waals surface area contributed by atoms with Crippen LogP contribution in [0.1, 0.15) is 42.2 Å². The summed E-state index contributed by atoms with van der Waals surface area (Å²) in [4.78, 5) is 1.88. The molecule has 3 heterocycles. The molecule has 1 saturated carbocycles. The van der Waals surface area contributed by atoms with E-state index in [9.17, 15) is 8.42 Å². The Kier molecular flexibility index (Phi) is 5.41. The Balaban J connectivity index is 1.20. The first kappa shape index (κ1) is 22.6. The highest BCUT2D eigenvalue weighted by Gasteiger charge is 2.57. The van der Waals surface area contributed by atoms with E-state index in [0.29, 0.717) is 43.8 Å². The Morgan fingerprint density at radius 2 is 1.66 bits per heavy atom. The number of anilines is 1. The lowest BCUT2D eigenvalue weighted by molar-refractivity contribution is 0.279. The molecule has 10 heteroatoms. The molecular formula is C25H27F2N5O2S. The second-order valence-corrected chi connectivity index (χ2v) is 12.0. The van der Waals surface area contributed by atoms with E-state index >= 15 is 8.78 Å². The molecule has 0 radical (unpaired) electrons. The monoisotopic (exact) mass is 499 g/mol. The fraction of sp³-hybridized carbons (Fsp3) is 0.440. The Hall–Kier alpha value is -2.85. The van der Waals surface area contributed by atoms with E-state index < -0.39 is 26.9 Å². The Morgan fingerprint density at radius 1 is 0.971 bits per heavy atom. The van der Waals surface area contributed by atoms with Crippen molar-refractivity contribution in [1.29, 1.82) is 0 Å². The van der Waals surface area contributed by atoms with Crippen LogP contribution in [0.4, 0.5) is 14.5 Å². The minimum atomic E-state index is -3.73. The second kappa shape index (κ2) is 8.37. The molecular weight excluding hydrogens is 472 g/mol. The molecule has 0 amide bonds. The Morgan fingerprint density at radius 3 is 2.34 bits per heavy atom. The fourth-order valence-electron chi connectivity index (χ4n) is 5.96. The van der Waals surface area contributed by atoms with Crippen molar-refractivity contribution in [2.75, 3.05) is 18.0 Å². The van der Waals surface area contributed by atoms with Gasteiger partial charge in [0, 0.05) is 55.2 Å². The highest BCUT2D eigenvalue weighted by atomic mass is 32.2. The molecule has 0 N–H and O–H groups in total. The molecule has 2 unspecified atom stereocenters. The largest absolute Gasteiger partial charge is 0.368 e. The van der Waals surface area contributed by atoms with Gasteiger partial charge in [0.05, 0.1) is 5.69 Å². The van der Waals surface area contributed by atoms with Crippen molar-refractivity contribution in [3.05, 3.63) is 77.9 Å². The average Bonchev–Trinajstić information content (AvgIpc) is 3.21. The summed E-state index contributed by atoms with van der Waals surface area (Å²) in [6.07, 6.45) is 4.55. The summed E-state index contributed by atoms with van der Waals surface area (Å²) in [5.41, 5.74) is 1.02. The van der Waals surface area contributed by atoms with Gasteiger partial charge < -0.3 is 9.47 Å². The molecule has 2 aromatic carbocycles. The molecule has 184 valence electrons. The van der Waals surface area contributed by atoms with Crippen LogP contribution in [0.25, 0.3) is 0 Å². The van der Waals surface area contributed by atoms with Gasteiger partial charge in [0.25, 0.3) is 0 Å². The maximum atomic E-state index is 15.2. The first-order chi connectivity index (χ1) is 16.8. The lowest BCUT2D eigenvalue weighted by Gasteiger charge is -2.37. The molecule has 1 aromatic heterocycles. The molecule has 7 nitrogen and oxygen atoms in total. The molecule has 3 fully saturated rings. The number of hydrogen-bond acceptors (Lipinski definition) is 5. The van der Waals surface area contributed by atoms with E-state index in [1.807, 2.05) is 34.6 Å². The zero-order valence-electron chi connectivity index (χ0n) is 19.3. The quantitative estimate of drug-likeness (QED) is 0.532. The molecule has 0 spiro atoms. The van der Waals surface area contributed by atoms with E-state index in [2.05, 4.69) is 10.2 Å². The standard InChI is InChI=1S/C25H27F2N5O2S/c1-16-7-8-24(17-5-3-2-4-6-17)35(33,34)32(16)11-18-9-22(27)23(10-21(18)26)30-12-19-20(13-30)25(19)31-14-28-29-15-31/h2-6,9-10,14-16,19-20,24-25H,7-8,11-13H2,1H3/t16-,19?,20?,24-,25?/m0/s1. The molecule has 2 aliphatic heterocycles. The van der Waals surface area contributed by atoms with Crippen molar-refractivity contribution in [2.45, 2.75) is 43.6 Å². The second-order valence-electron chi connectivity index (χ2n) is 9.94. The van der Waals surface area contributed by atoms with Gasteiger partial charge in [-0.1, -0.05) is 30.3 Å². The van der Waals surface area contributed by atoms with Crippen molar-refractivity contribution in [3.8, 4) is 0 Å². The lowest BCUT2D eigenvalue weighted by atomic mass is 10.0. The van der Waals surface area contributed by atoms with Crippen LogP contribution in [0.5, 0.6) is 0 Å². The third-order valence-corrected chi connectivity index (χ3v) is 10.3. The minimum absolute atomic E-state index is 0.0575. The summed E-state index contributed by atoms with van der Waals surface area (Å²) < 4.78 is 60.6. The van der Waals surface area contributed by atoms with Crippen LogP contribution < -0.4 is 4.90 Å². The first-order valence-electron chi connectivity index (χ1n) is 12.0. The maximum absolute atomic E-state index is 15.2. The predicted octanol–water partition coefficient (Wildman–Crippen LogP) is 3.92. The van der Waals surface area contributed by atoms with Gasteiger partial charge in [-0.05, 0) is 31.4 Å². The van der Waals surface area contributed by atoms with Gasteiger partial charge in [0.2, 0.25) is 10.0 Å². The summed E-state index contributed by atoms with van der Waals surface area (Å²) in [6, 6.07) is 11.5. The summed E-state index contributed by atoms with van der Waals surface area (Å²) in [5, 5.41) is 7.02. The highest BCUT2D eigenvalue weighted by Crippen LogP contribution is 2.56. The number of hydrogen-bond donors (Lipinski definition) is 0. The molecule has 2 saturated heterocycles. The van der Waals surface area contributed by atoms with Gasteiger partial charge in [0.15, 0.2) is 0 Å². The number of nitrogens with zero attached hydrogens (tertiary/aromatic N) is 5. The van der Waals surface area contributed by atoms with Crippen LogP contribution >= 0.6 is 0 Å². The van der Waals surface area contributed by atoms with Gasteiger partial charge in [0.1, 0.15) is 29.5 Å². The third-order valence-electron chi connectivity index (χ3n) is 7.91. The van der Waals surface area contributed by atoms with Crippen LogP contribution in [0.15, 0.2) is 55.1 Å². The van der Waals surface area contributed by atoms with E-state index in [-0.39, 0.29) is 23.8 Å². The van der Waals surface area contributed by atoms with Crippen LogP contribution in [0.3, 0.4) is 0 Å². The van der Waals surface area contributed by atoms with E-state index in [1.165, 1.54) is 16.4 Å². The zero-order chi connectivity index (χ0) is 24.3. The topological polar surface area (TPSA) is 71.3 Å². The van der Waals surface area contributed by atoms with Crippen LogP contribution in [-0.2, 0) is 16.6 Å². The number of fused-ring (bicyclic) bond motifs is 1. The first-order valence-corrected chi connectivity index (χ1v) is 13.5. The molecule has 6 rings (SSSR count). The SMILES string of the molecule is C[C@H]1CC[C@@H](c2ccccc2)S(=O)(=O)N1Cc1cc(F)c(N2CC3C(C2)C3n2cnnc2)cc1F. The van der Waals surface area contributed by atoms with Crippen molar-refractivity contribution in [1.82, 2.24) is 19.1 Å². The van der Waals surface area contributed by atoms with Crippen molar-refractivity contribution < 1.29 is 17.2 Å². The fourth-order valence-corrected chi connectivity index (χ4v) is 8.15. The summed E-state index contributed by atoms with van der Waals surface area (Å²) >= 11 is 0. The van der Waals surface area contributed by atoms with Gasteiger partial charge in [-0.25, -0.2) is 17.2 Å². The van der Waals surface area contributed by atoms with Crippen LogP contribution in [0, 0.1) is 23.5 Å². The molecule has 0 bridgehead atoms. The molecule has 35 heavy (non-hydrogen) atoms. The van der Waals surface area contributed by atoms with Gasteiger partial charge in [-0.3, -0.25) is 0 Å². The Bertz CT molecular complexity index is 1320. The van der Waals surface area contributed by atoms with Gasteiger partial charge in [-0.2, -0.15) is 4.31 Å². The molecule has 3 aliphatic rings. The van der Waals surface area contributed by atoms with E-state index in [1.54, 1.807) is 24.8 Å². The molecule has 3 aromatic rings. The number of sulfonamides is 1. The highest BCUT2D eigenvalue weighted by molar-refractivity contribution is 7.89. The van der Waals surface area contributed by atoms with Crippen molar-refractivity contribution >= 4 is 15.7 Å². The number of halogens is 2. The van der Waals surface area contributed by atoms with Gasteiger partial charge >= 0.3 is 0 Å². The van der Waals surface area contributed by atoms with Crippen molar-refractivity contribution in [3.63, 3.8) is 0 Å². The molecule has 4 atom stereocenters. The number of piperidine rings is 1. The summed E-state index contributed by atoms with van der Waals surface area (Å²) in [6.45, 7) is 2.92. The molecule has 1 aliphatic carbocycles. The smallest absolute Gasteiger partial charge is 0.221 e. The normalized spacial score (nSPS) is 29.8. The predicted molar refractivity (Wildman–Crippen MR) is 127 cm³/mol. The maximum Gasteiger partial charge on any atom is 0.221 e. The van der Waals surface area contributed by atoms with E-state index in [0.717, 1.165) is 5.56 Å².